The van der Waals surface area contributed by atoms with Crippen LogP contribution in [0.4, 0.5) is 0 Å². The van der Waals surface area contributed by atoms with Gasteiger partial charge in [0.25, 0.3) is 0 Å². The van der Waals surface area contributed by atoms with E-state index in [2.05, 4.69) is 13.8 Å². The van der Waals surface area contributed by atoms with Crippen LogP contribution in [0, 0.1) is 5.92 Å². The van der Waals surface area contributed by atoms with Crippen LogP contribution >= 0.6 is 0 Å². The molecule has 0 spiro atoms. The Balaban J connectivity index is 1.89. The van der Waals surface area contributed by atoms with E-state index in [0.29, 0.717) is 12.5 Å². The van der Waals surface area contributed by atoms with Crippen molar-refractivity contribution < 1.29 is 19.1 Å². The van der Waals surface area contributed by atoms with E-state index in [0.717, 1.165) is 32.1 Å². The molecule has 1 rings (SSSR count). The number of ether oxygens (including phenoxy) is 2. The first-order valence-electron chi connectivity index (χ1n) is 12.7. The molecule has 1 fully saturated rings. The molecular formula is C26H46O4. The van der Waals surface area contributed by atoms with Crippen molar-refractivity contribution in [2.45, 2.75) is 129 Å². The molecule has 0 aromatic carbocycles. The van der Waals surface area contributed by atoms with Gasteiger partial charge in [-0.15, -0.1) is 0 Å². The van der Waals surface area contributed by atoms with Gasteiger partial charge in [0, 0.05) is 12.2 Å². The number of rotatable bonds is 17. The van der Waals surface area contributed by atoms with Crippen LogP contribution in [0.5, 0.6) is 0 Å². The van der Waals surface area contributed by atoms with E-state index in [4.69, 9.17) is 9.47 Å². The number of unbranched alkanes of at least 4 members (excludes halogenated alkanes) is 12. The summed E-state index contributed by atoms with van der Waals surface area (Å²) in [7, 11) is 0. The van der Waals surface area contributed by atoms with Crippen molar-refractivity contribution in [2.75, 3.05) is 6.61 Å². The Kier molecular flexibility index (Phi) is 16.4. The van der Waals surface area contributed by atoms with Gasteiger partial charge in [0.2, 0.25) is 0 Å². The fraction of sp³-hybridized carbons (Fsp3) is 0.846. The summed E-state index contributed by atoms with van der Waals surface area (Å²) >= 11 is 0. The lowest BCUT2D eigenvalue weighted by Gasteiger charge is -2.27. The molecule has 1 aliphatic rings. The van der Waals surface area contributed by atoms with Crippen LogP contribution in [0.1, 0.15) is 123 Å². The van der Waals surface area contributed by atoms with Gasteiger partial charge in [-0.05, 0) is 31.6 Å². The first kappa shape index (κ1) is 26.7. The minimum atomic E-state index is -0.456. The minimum absolute atomic E-state index is 0.0160. The smallest absolute Gasteiger partial charge is 0.331 e. The Morgan fingerprint density at radius 1 is 0.733 bits per heavy atom. The molecule has 0 aromatic heterocycles. The van der Waals surface area contributed by atoms with Gasteiger partial charge in [0.15, 0.2) is 0 Å². The Bertz CT molecular complexity index is 472. The SMILES string of the molecule is CCCCCCCCCCCCCCCOC(=O)/C=C/C(=O)OC1CCCCC1C. The third kappa shape index (κ3) is 14.6. The average Bonchev–Trinajstić information content (AvgIpc) is 2.74. The Labute approximate surface area is 185 Å². The summed E-state index contributed by atoms with van der Waals surface area (Å²) < 4.78 is 10.6. The summed E-state index contributed by atoms with van der Waals surface area (Å²) in [4.78, 5) is 23.6. The lowest BCUT2D eigenvalue weighted by molar-refractivity contribution is -0.147. The molecule has 4 nitrogen and oxygen atoms in total. The number of hydrogen-bond acceptors (Lipinski definition) is 4. The maximum absolute atomic E-state index is 11.8. The molecule has 0 amide bonds. The minimum Gasteiger partial charge on any atom is -0.463 e. The van der Waals surface area contributed by atoms with Gasteiger partial charge in [-0.3, -0.25) is 0 Å². The van der Waals surface area contributed by atoms with Gasteiger partial charge in [-0.1, -0.05) is 97.3 Å². The third-order valence-electron chi connectivity index (χ3n) is 6.15. The van der Waals surface area contributed by atoms with E-state index in [9.17, 15) is 9.59 Å². The summed E-state index contributed by atoms with van der Waals surface area (Å²) in [5.41, 5.74) is 0. The van der Waals surface area contributed by atoms with Crippen LogP contribution in [-0.4, -0.2) is 24.6 Å². The van der Waals surface area contributed by atoms with Crippen molar-refractivity contribution >= 4 is 11.9 Å². The highest BCUT2D eigenvalue weighted by Gasteiger charge is 2.23. The van der Waals surface area contributed by atoms with E-state index in [1.54, 1.807) is 0 Å². The second kappa shape index (κ2) is 18.4. The topological polar surface area (TPSA) is 52.6 Å². The van der Waals surface area contributed by atoms with Gasteiger partial charge in [0.05, 0.1) is 6.61 Å². The van der Waals surface area contributed by atoms with Crippen LogP contribution in [0.3, 0.4) is 0 Å². The molecule has 0 aliphatic heterocycles. The summed E-state index contributed by atoms with van der Waals surface area (Å²) in [5.74, 6) is -0.493. The summed E-state index contributed by atoms with van der Waals surface area (Å²) in [6, 6.07) is 0. The summed E-state index contributed by atoms with van der Waals surface area (Å²) in [6.07, 6.45) is 23.5. The van der Waals surface area contributed by atoms with Gasteiger partial charge in [-0.25, -0.2) is 9.59 Å². The van der Waals surface area contributed by atoms with Crippen molar-refractivity contribution in [3.8, 4) is 0 Å². The largest absolute Gasteiger partial charge is 0.463 e. The normalized spacial score (nSPS) is 19.1. The number of carbonyl (C=O) groups excluding carboxylic acids is 2. The zero-order valence-electron chi connectivity index (χ0n) is 19.7. The Morgan fingerprint density at radius 3 is 1.80 bits per heavy atom. The molecule has 0 N–H and O–H groups in total. The van der Waals surface area contributed by atoms with Gasteiger partial charge in [0.1, 0.15) is 6.10 Å². The van der Waals surface area contributed by atoms with Crippen molar-refractivity contribution in [3.63, 3.8) is 0 Å². The van der Waals surface area contributed by atoms with Crippen molar-refractivity contribution in [2.24, 2.45) is 5.92 Å². The van der Waals surface area contributed by atoms with Gasteiger partial charge >= 0.3 is 11.9 Å². The maximum Gasteiger partial charge on any atom is 0.331 e. The van der Waals surface area contributed by atoms with Gasteiger partial charge in [-0.2, -0.15) is 0 Å². The predicted octanol–water partition coefficient (Wildman–Crippen LogP) is 7.30. The van der Waals surface area contributed by atoms with E-state index in [1.165, 1.54) is 89.2 Å². The van der Waals surface area contributed by atoms with E-state index < -0.39 is 11.9 Å². The highest BCUT2D eigenvalue weighted by atomic mass is 16.5. The van der Waals surface area contributed by atoms with Crippen LogP contribution in [0.25, 0.3) is 0 Å². The molecule has 174 valence electrons. The molecule has 0 saturated heterocycles. The number of carbonyl (C=O) groups is 2. The number of esters is 2. The fourth-order valence-electron chi connectivity index (χ4n) is 4.12. The van der Waals surface area contributed by atoms with Crippen LogP contribution in [0.15, 0.2) is 12.2 Å². The second-order valence-corrected chi connectivity index (χ2v) is 8.98. The van der Waals surface area contributed by atoms with Crippen molar-refractivity contribution in [1.29, 1.82) is 0 Å². The maximum atomic E-state index is 11.8. The van der Waals surface area contributed by atoms with Crippen molar-refractivity contribution in [3.05, 3.63) is 12.2 Å². The quantitative estimate of drug-likeness (QED) is 0.140. The van der Waals surface area contributed by atoms with E-state index >= 15 is 0 Å². The van der Waals surface area contributed by atoms with Gasteiger partial charge < -0.3 is 9.47 Å². The highest BCUT2D eigenvalue weighted by Crippen LogP contribution is 2.26. The first-order valence-corrected chi connectivity index (χ1v) is 12.7. The fourth-order valence-corrected chi connectivity index (χ4v) is 4.12. The molecule has 1 aliphatic carbocycles. The van der Waals surface area contributed by atoms with Crippen molar-refractivity contribution in [1.82, 2.24) is 0 Å². The third-order valence-corrected chi connectivity index (χ3v) is 6.15. The molecule has 0 radical (unpaired) electrons. The predicted molar refractivity (Wildman–Crippen MR) is 123 cm³/mol. The molecule has 0 bridgehead atoms. The summed E-state index contributed by atoms with van der Waals surface area (Å²) in [6.45, 7) is 4.80. The zero-order chi connectivity index (χ0) is 21.9. The molecule has 1 saturated carbocycles. The molecule has 30 heavy (non-hydrogen) atoms. The van der Waals surface area contributed by atoms with E-state index in [1.807, 2.05) is 0 Å². The lowest BCUT2D eigenvalue weighted by Crippen LogP contribution is -2.27. The zero-order valence-corrected chi connectivity index (χ0v) is 19.7. The summed E-state index contributed by atoms with van der Waals surface area (Å²) in [5, 5.41) is 0. The molecule has 0 heterocycles. The molecule has 4 heteroatoms. The first-order chi connectivity index (χ1) is 14.6. The van der Waals surface area contributed by atoms with E-state index in [-0.39, 0.29) is 6.10 Å². The highest BCUT2D eigenvalue weighted by molar-refractivity contribution is 5.91. The molecule has 2 unspecified atom stereocenters. The van der Waals surface area contributed by atoms with Crippen LogP contribution < -0.4 is 0 Å². The standard InChI is InChI=1S/C26H46O4/c1-3-4-5-6-7-8-9-10-11-12-13-14-17-22-29-25(27)20-21-26(28)30-24-19-16-15-18-23(24)2/h20-21,23-24H,3-19,22H2,1-2H3/b21-20+. The lowest BCUT2D eigenvalue weighted by atomic mass is 9.88. The monoisotopic (exact) mass is 422 g/mol. The second-order valence-electron chi connectivity index (χ2n) is 8.98. The molecular weight excluding hydrogens is 376 g/mol. The Hall–Kier alpha value is -1.32. The molecule has 0 aromatic rings. The Morgan fingerprint density at radius 2 is 1.23 bits per heavy atom. The molecule has 2 atom stereocenters. The van der Waals surface area contributed by atoms with Crippen LogP contribution in [0.2, 0.25) is 0 Å². The average molecular weight is 423 g/mol. The van der Waals surface area contributed by atoms with Crippen LogP contribution in [-0.2, 0) is 19.1 Å². The number of hydrogen-bond donors (Lipinski definition) is 0.